The highest BCUT2D eigenvalue weighted by atomic mass is 16.5. The first-order chi connectivity index (χ1) is 8.74. The topological polar surface area (TPSA) is 34.4 Å². The molecule has 0 aliphatic heterocycles. The number of benzene rings is 1. The molecule has 1 heterocycles. The van der Waals surface area contributed by atoms with Crippen molar-refractivity contribution in [3.05, 3.63) is 54.0 Å². The molecule has 0 spiro atoms. The van der Waals surface area contributed by atoms with Crippen LogP contribution in [0.1, 0.15) is 25.4 Å². The molecule has 1 aromatic heterocycles. The Morgan fingerprint density at radius 3 is 2.50 bits per heavy atom. The lowest BCUT2D eigenvalue weighted by Crippen LogP contribution is -2.21. The predicted molar refractivity (Wildman–Crippen MR) is 71.5 cm³/mol. The van der Waals surface area contributed by atoms with Crippen molar-refractivity contribution in [3.63, 3.8) is 0 Å². The summed E-state index contributed by atoms with van der Waals surface area (Å²) in [5, 5.41) is 3.31. The smallest absolute Gasteiger partial charge is 0.146 e. The Labute approximate surface area is 108 Å². The van der Waals surface area contributed by atoms with Crippen LogP contribution < -0.4 is 10.1 Å². The summed E-state index contributed by atoms with van der Waals surface area (Å²) in [7, 11) is 0. The summed E-state index contributed by atoms with van der Waals surface area (Å²) in [6, 6.07) is 14.1. The standard InChI is InChI=1S/C15H19NO2/c1-12(2)16-10-14-8-9-15(18-14)11-17-13-6-4-3-5-7-13/h3-9,12,16H,10-11H2,1-2H3. The van der Waals surface area contributed by atoms with Gasteiger partial charge in [0.2, 0.25) is 0 Å². The molecule has 0 aliphatic carbocycles. The monoisotopic (exact) mass is 245 g/mol. The molecule has 2 rings (SSSR count). The fourth-order valence-corrected chi connectivity index (χ4v) is 1.57. The number of rotatable bonds is 6. The van der Waals surface area contributed by atoms with Gasteiger partial charge in [0.05, 0.1) is 6.54 Å². The van der Waals surface area contributed by atoms with E-state index >= 15 is 0 Å². The first-order valence-corrected chi connectivity index (χ1v) is 6.23. The van der Waals surface area contributed by atoms with Crippen LogP contribution in [0.15, 0.2) is 46.9 Å². The van der Waals surface area contributed by atoms with E-state index in [9.17, 15) is 0 Å². The molecule has 0 saturated heterocycles. The summed E-state index contributed by atoms with van der Waals surface area (Å²) >= 11 is 0. The maximum absolute atomic E-state index is 5.67. The second-order valence-electron chi connectivity index (χ2n) is 4.51. The normalized spacial score (nSPS) is 10.8. The molecule has 0 aliphatic rings. The lowest BCUT2D eigenvalue weighted by molar-refractivity contribution is 0.264. The SMILES string of the molecule is CC(C)NCc1ccc(COc2ccccc2)o1. The van der Waals surface area contributed by atoms with E-state index in [-0.39, 0.29) is 0 Å². The largest absolute Gasteiger partial charge is 0.486 e. The molecule has 0 amide bonds. The molecule has 1 aromatic carbocycles. The van der Waals surface area contributed by atoms with Crippen LogP contribution in [0.25, 0.3) is 0 Å². The van der Waals surface area contributed by atoms with E-state index in [1.807, 2.05) is 42.5 Å². The molecular formula is C15H19NO2. The Morgan fingerprint density at radius 2 is 1.78 bits per heavy atom. The lowest BCUT2D eigenvalue weighted by Gasteiger charge is -2.05. The maximum atomic E-state index is 5.67. The molecule has 0 radical (unpaired) electrons. The molecule has 96 valence electrons. The molecule has 0 bridgehead atoms. The summed E-state index contributed by atoms with van der Waals surface area (Å²) in [6.45, 7) is 5.44. The number of hydrogen-bond donors (Lipinski definition) is 1. The van der Waals surface area contributed by atoms with Crippen LogP contribution in [0.2, 0.25) is 0 Å². The summed E-state index contributed by atoms with van der Waals surface area (Å²) in [5.74, 6) is 2.64. The molecule has 0 saturated carbocycles. The second-order valence-corrected chi connectivity index (χ2v) is 4.51. The molecule has 3 nitrogen and oxygen atoms in total. The Bertz CT molecular complexity index is 462. The highest BCUT2D eigenvalue weighted by molar-refractivity contribution is 5.21. The third kappa shape index (κ3) is 3.93. The van der Waals surface area contributed by atoms with Gasteiger partial charge in [0.25, 0.3) is 0 Å². The summed E-state index contributed by atoms with van der Waals surface area (Å²) < 4.78 is 11.3. The highest BCUT2D eigenvalue weighted by Gasteiger charge is 2.03. The lowest BCUT2D eigenvalue weighted by atomic mass is 10.3. The quantitative estimate of drug-likeness (QED) is 0.847. The first-order valence-electron chi connectivity index (χ1n) is 6.23. The zero-order valence-corrected chi connectivity index (χ0v) is 10.8. The van der Waals surface area contributed by atoms with E-state index < -0.39 is 0 Å². The minimum Gasteiger partial charge on any atom is -0.486 e. The minimum absolute atomic E-state index is 0.458. The van der Waals surface area contributed by atoms with Crippen LogP contribution in [-0.4, -0.2) is 6.04 Å². The molecular weight excluding hydrogens is 226 g/mol. The van der Waals surface area contributed by atoms with Crippen LogP contribution in [-0.2, 0) is 13.2 Å². The van der Waals surface area contributed by atoms with Gasteiger partial charge in [-0.25, -0.2) is 0 Å². The van der Waals surface area contributed by atoms with E-state index in [0.717, 1.165) is 23.8 Å². The Balaban J connectivity index is 1.83. The van der Waals surface area contributed by atoms with Crippen molar-refractivity contribution in [3.8, 4) is 5.75 Å². The average Bonchev–Trinajstić information content (AvgIpc) is 2.83. The van der Waals surface area contributed by atoms with E-state index in [1.165, 1.54) is 0 Å². The molecule has 3 heteroatoms. The molecule has 2 aromatic rings. The van der Waals surface area contributed by atoms with Crippen molar-refractivity contribution >= 4 is 0 Å². The van der Waals surface area contributed by atoms with Gasteiger partial charge in [-0.2, -0.15) is 0 Å². The van der Waals surface area contributed by atoms with Crippen molar-refractivity contribution in [2.75, 3.05) is 0 Å². The second kappa shape index (κ2) is 6.26. The van der Waals surface area contributed by atoms with Crippen LogP contribution in [0, 0.1) is 0 Å². The highest BCUT2D eigenvalue weighted by Crippen LogP contribution is 2.13. The van der Waals surface area contributed by atoms with Crippen LogP contribution in [0.3, 0.4) is 0 Å². The first kappa shape index (κ1) is 12.7. The number of ether oxygens (including phenoxy) is 1. The Hall–Kier alpha value is -1.74. The van der Waals surface area contributed by atoms with Crippen molar-refractivity contribution < 1.29 is 9.15 Å². The Morgan fingerprint density at radius 1 is 1.06 bits per heavy atom. The molecule has 0 unspecified atom stereocenters. The van der Waals surface area contributed by atoms with Crippen molar-refractivity contribution in [1.82, 2.24) is 5.32 Å². The summed E-state index contributed by atoms with van der Waals surface area (Å²) in [5.41, 5.74) is 0. The molecule has 1 N–H and O–H groups in total. The van der Waals surface area contributed by atoms with Gasteiger partial charge in [0, 0.05) is 6.04 Å². The van der Waals surface area contributed by atoms with Crippen LogP contribution >= 0.6 is 0 Å². The van der Waals surface area contributed by atoms with Crippen LogP contribution in [0.4, 0.5) is 0 Å². The van der Waals surface area contributed by atoms with E-state index in [1.54, 1.807) is 0 Å². The number of para-hydroxylation sites is 1. The fourth-order valence-electron chi connectivity index (χ4n) is 1.57. The predicted octanol–water partition coefficient (Wildman–Crippen LogP) is 3.36. The summed E-state index contributed by atoms with van der Waals surface area (Å²) in [6.07, 6.45) is 0. The third-order valence-electron chi connectivity index (χ3n) is 2.53. The van der Waals surface area contributed by atoms with E-state index in [2.05, 4.69) is 19.2 Å². The molecule has 0 atom stereocenters. The molecule has 0 fully saturated rings. The zero-order chi connectivity index (χ0) is 12.8. The van der Waals surface area contributed by atoms with Gasteiger partial charge in [-0.05, 0) is 24.3 Å². The third-order valence-corrected chi connectivity index (χ3v) is 2.53. The van der Waals surface area contributed by atoms with Gasteiger partial charge in [-0.15, -0.1) is 0 Å². The average molecular weight is 245 g/mol. The van der Waals surface area contributed by atoms with Gasteiger partial charge in [-0.3, -0.25) is 0 Å². The van der Waals surface area contributed by atoms with Gasteiger partial charge in [-0.1, -0.05) is 32.0 Å². The number of hydrogen-bond acceptors (Lipinski definition) is 3. The van der Waals surface area contributed by atoms with Gasteiger partial charge >= 0.3 is 0 Å². The minimum atomic E-state index is 0.458. The van der Waals surface area contributed by atoms with E-state index in [4.69, 9.17) is 9.15 Å². The van der Waals surface area contributed by atoms with Crippen LogP contribution in [0.5, 0.6) is 5.75 Å². The maximum Gasteiger partial charge on any atom is 0.146 e. The van der Waals surface area contributed by atoms with Gasteiger partial charge < -0.3 is 14.5 Å². The van der Waals surface area contributed by atoms with Gasteiger partial charge in [0.1, 0.15) is 23.9 Å². The van der Waals surface area contributed by atoms with Crippen molar-refractivity contribution in [2.45, 2.75) is 33.0 Å². The van der Waals surface area contributed by atoms with Crippen molar-refractivity contribution in [1.29, 1.82) is 0 Å². The number of furan rings is 1. The molecule has 18 heavy (non-hydrogen) atoms. The van der Waals surface area contributed by atoms with Crippen molar-refractivity contribution in [2.24, 2.45) is 0 Å². The zero-order valence-electron chi connectivity index (χ0n) is 10.8. The van der Waals surface area contributed by atoms with Gasteiger partial charge in [0.15, 0.2) is 0 Å². The number of nitrogens with one attached hydrogen (secondary N) is 1. The Kier molecular flexibility index (Phi) is 4.42. The van der Waals surface area contributed by atoms with E-state index in [0.29, 0.717) is 12.6 Å². The summed E-state index contributed by atoms with van der Waals surface area (Å²) in [4.78, 5) is 0. The fraction of sp³-hybridized carbons (Fsp3) is 0.333.